The van der Waals surface area contributed by atoms with Crippen molar-refractivity contribution >= 4 is 11.9 Å². The highest BCUT2D eigenvalue weighted by Gasteiger charge is 2.69. The van der Waals surface area contributed by atoms with Gasteiger partial charge in [-0.1, -0.05) is 60.1 Å². The fourth-order valence-corrected chi connectivity index (χ4v) is 11.4. The van der Waals surface area contributed by atoms with Gasteiger partial charge in [0.1, 0.15) is 6.10 Å². The molecule has 0 unspecified atom stereocenters. The zero-order valence-electron chi connectivity index (χ0n) is 25.0. The lowest BCUT2D eigenvalue weighted by molar-refractivity contribution is -0.214. The lowest BCUT2D eigenvalue weighted by Crippen LogP contribution is -2.65. The summed E-state index contributed by atoms with van der Waals surface area (Å²) in [6.07, 6.45) is 12.4. The molecule has 0 aromatic rings. The second-order valence-electron chi connectivity index (χ2n) is 15.3. The highest BCUT2D eigenvalue weighted by atomic mass is 16.5. The quantitative estimate of drug-likeness (QED) is 0.280. The smallest absolute Gasteiger partial charge is 0.312 e. The maximum atomic E-state index is 13.4. The van der Waals surface area contributed by atoms with Gasteiger partial charge in [-0.15, -0.1) is 0 Å². The summed E-state index contributed by atoms with van der Waals surface area (Å²) >= 11 is 0. The molecule has 37 heavy (non-hydrogen) atoms. The van der Waals surface area contributed by atoms with Gasteiger partial charge in [-0.25, -0.2) is 0 Å². The molecule has 0 aromatic heterocycles. The van der Waals surface area contributed by atoms with Gasteiger partial charge in [0.15, 0.2) is 0 Å². The monoisotopic (exact) mass is 512 g/mol. The fourth-order valence-electron chi connectivity index (χ4n) is 11.4. The Balaban J connectivity index is 1.57. The lowest BCUT2D eigenvalue weighted by Gasteiger charge is -2.71. The molecule has 5 aliphatic carbocycles. The summed E-state index contributed by atoms with van der Waals surface area (Å²) in [7, 11) is 1.59. The van der Waals surface area contributed by atoms with Crippen LogP contribution in [0, 0.1) is 56.7 Å². The molecule has 0 saturated heterocycles. The Kier molecular flexibility index (Phi) is 6.33. The van der Waals surface area contributed by atoms with Crippen LogP contribution in [-0.4, -0.2) is 25.2 Å². The van der Waals surface area contributed by atoms with Crippen LogP contribution in [-0.2, 0) is 19.1 Å². The predicted molar refractivity (Wildman–Crippen MR) is 147 cm³/mol. The Bertz CT molecular complexity index is 996. The largest absolute Gasteiger partial charge is 0.469 e. The third-order valence-corrected chi connectivity index (χ3v) is 13.8. The van der Waals surface area contributed by atoms with Crippen LogP contribution >= 0.6 is 0 Å². The van der Waals surface area contributed by atoms with Crippen molar-refractivity contribution in [1.29, 1.82) is 0 Å². The summed E-state index contributed by atoms with van der Waals surface area (Å²) in [5.74, 6) is 2.45. The van der Waals surface area contributed by atoms with Gasteiger partial charge < -0.3 is 9.47 Å². The molecule has 4 saturated carbocycles. The maximum Gasteiger partial charge on any atom is 0.312 e. The minimum atomic E-state index is -0.347. The normalized spacial score (nSPS) is 50.4. The summed E-state index contributed by atoms with van der Waals surface area (Å²) < 4.78 is 11.4. The van der Waals surface area contributed by atoms with E-state index in [4.69, 9.17) is 9.47 Å². The highest BCUT2D eigenvalue weighted by molar-refractivity contribution is 5.78. The molecular formula is C33H52O4. The Hall–Kier alpha value is -1.32. The van der Waals surface area contributed by atoms with Crippen LogP contribution in [0.3, 0.4) is 0 Å². The highest BCUT2D eigenvalue weighted by Crippen LogP contribution is 2.76. The van der Waals surface area contributed by atoms with Gasteiger partial charge in [0, 0.05) is 12.3 Å². The number of hydrogen-bond acceptors (Lipinski definition) is 4. The first-order chi connectivity index (χ1) is 17.2. The van der Waals surface area contributed by atoms with E-state index in [-0.39, 0.29) is 45.1 Å². The number of ether oxygens (including phenoxy) is 2. The van der Waals surface area contributed by atoms with Crippen LogP contribution in [0.15, 0.2) is 11.6 Å². The van der Waals surface area contributed by atoms with Crippen molar-refractivity contribution in [3.8, 4) is 0 Å². The number of esters is 2. The van der Waals surface area contributed by atoms with Crippen molar-refractivity contribution in [3.05, 3.63) is 11.6 Å². The number of rotatable bonds is 2. The second-order valence-corrected chi connectivity index (χ2v) is 15.3. The molecule has 0 heterocycles. The number of carbonyl (C=O) groups excluding carboxylic acids is 2. The van der Waals surface area contributed by atoms with E-state index < -0.39 is 0 Å². The van der Waals surface area contributed by atoms with Crippen molar-refractivity contribution in [1.82, 2.24) is 0 Å². The van der Waals surface area contributed by atoms with Crippen molar-refractivity contribution in [3.63, 3.8) is 0 Å². The third kappa shape index (κ3) is 3.45. The lowest BCUT2D eigenvalue weighted by atomic mass is 9.33. The van der Waals surface area contributed by atoms with Gasteiger partial charge in [0.05, 0.1) is 12.5 Å². The Morgan fingerprint density at radius 1 is 0.892 bits per heavy atom. The van der Waals surface area contributed by atoms with Gasteiger partial charge in [0.2, 0.25) is 0 Å². The van der Waals surface area contributed by atoms with Gasteiger partial charge in [-0.05, 0) is 104 Å². The predicted octanol–water partition coefficient (Wildman–Crippen LogP) is 7.75. The summed E-state index contributed by atoms with van der Waals surface area (Å²) in [5.41, 5.74) is 1.76. The van der Waals surface area contributed by atoms with E-state index in [9.17, 15) is 9.59 Å². The van der Waals surface area contributed by atoms with E-state index in [1.54, 1.807) is 19.6 Å². The minimum absolute atomic E-state index is 0.0117. The molecule has 0 amide bonds. The van der Waals surface area contributed by atoms with E-state index in [2.05, 4.69) is 54.5 Å². The Morgan fingerprint density at radius 3 is 2.24 bits per heavy atom. The van der Waals surface area contributed by atoms with Crippen molar-refractivity contribution in [2.24, 2.45) is 56.7 Å². The van der Waals surface area contributed by atoms with Crippen LogP contribution in [0.25, 0.3) is 0 Å². The van der Waals surface area contributed by atoms with E-state index in [1.807, 2.05) is 0 Å². The second kappa shape index (κ2) is 8.59. The topological polar surface area (TPSA) is 52.6 Å². The average molecular weight is 513 g/mol. The first kappa shape index (κ1) is 27.3. The third-order valence-electron chi connectivity index (χ3n) is 13.8. The molecule has 4 nitrogen and oxygen atoms in total. The molecule has 0 aliphatic heterocycles. The molecular weight excluding hydrogens is 460 g/mol. The van der Waals surface area contributed by atoms with Crippen LogP contribution in [0.4, 0.5) is 0 Å². The Morgan fingerprint density at radius 2 is 1.59 bits per heavy atom. The zero-order chi connectivity index (χ0) is 27.2. The van der Waals surface area contributed by atoms with Crippen LogP contribution in [0.1, 0.15) is 113 Å². The number of methoxy groups -OCH3 is 1. The van der Waals surface area contributed by atoms with E-state index in [0.717, 1.165) is 44.9 Å². The van der Waals surface area contributed by atoms with Crippen LogP contribution in [0.2, 0.25) is 0 Å². The van der Waals surface area contributed by atoms with Crippen LogP contribution < -0.4 is 0 Å². The zero-order valence-corrected chi connectivity index (χ0v) is 25.0. The van der Waals surface area contributed by atoms with E-state index in [1.165, 1.54) is 12.8 Å². The molecule has 0 N–H and O–H groups in total. The summed E-state index contributed by atoms with van der Waals surface area (Å²) in [6.45, 7) is 18.8. The van der Waals surface area contributed by atoms with Crippen molar-refractivity contribution in [2.45, 2.75) is 119 Å². The molecule has 10 atom stereocenters. The standard InChI is InChI=1S/C33H52O4/c1-20-12-17-33(28(35)36-9)19-18-31(7)23(27(33)21(20)2)10-11-25-30(6)15-14-26(37-22(3)34)29(4,5)24(30)13-16-32(25,31)8/h10,20-21,24-27H,11-19H2,1-9H3/t20-,21+,24-,25+,26+,27+,30-,31-,32+,33+/m0/s1. The fraction of sp³-hybridized carbons (Fsp3) is 0.879. The number of allylic oxidation sites excluding steroid dienone is 2. The molecule has 4 fully saturated rings. The van der Waals surface area contributed by atoms with Gasteiger partial charge >= 0.3 is 11.9 Å². The van der Waals surface area contributed by atoms with Gasteiger partial charge in [-0.2, -0.15) is 0 Å². The van der Waals surface area contributed by atoms with Gasteiger partial charge in [0.25, 0.3) is 0 Å². The van der Waals surface area contributed by atoms with Crippen molar-refractivity contribution < 1.29 is 19.1 Å². The first-order valence-electron chi connectivity index (χ1n) is 15.2. The SMILES string of the molecule is COC(=O)[C@@]12CC[C@H](C)[C@@H](C)[C@@H]1C1=CC[C@@H]3[C@@]4(C)CC[C@@H](OC(C)=O)C(C)(C)[C@@H]4CC[C@@]3(C)[C@@]1(C)CC2. The molecule has 0 spiro atoms. The molecule has 5 aliphatic rings. The average Bonchev–Trinajstić information content (AvgIpc) is 2.83. The van der Waals surface area contributed by atoms with Crippen LogP contribution in [0.5, 0.6) is 0 Å². The summed E-state index contributed by atoms with van der Waals surface area (Å²) in [4.78, 5) is 25.4. The van der Waals surface area contributed by atoms with E-state index in [0.29, 0.717) is 29.6 Å². The molecule has 0 aromatic carbocycles. The molecule has 0 radical (unpaired) electrons. The molecule has 5 rings (SSSR count). The summed E-state index contributed by atoms with van der Waals surface area (Å²) in [5, 5.41) is 0. The van der Waals surface area contributed by atoms with Crippen molar-refractivity contribution in [2.75, 3.05) is 7.11 Å². The van der Waals surface area contributed by atoms with E-state index >= 15 is 0 Å². The maximum absolute atomic E-state index is 13.4. The first-order valence-corrected chi connectivity index (χ1v) is 15.2. The minimum Gasteiger partial charge on any atom is -0.469 e. The summed E-state index contributed by atoms with van der Waals surface area (Å²) in [6, 6.07) is 0. The molecule has 208 valence electrons. The van der Waals surface area contributed by atoms with Gasteiger partial charge in [-0.3, -0.25) is 9.59 Å². The Labute approximate surface area is 225 Å². The number of carbonyl (C=O) groups is 2. The molecule has 4 heteroatoms. The molecule has 0 bridgehead atoms. The number of hydrogen-bond donors (Lipinski definition) is 0. The number of fused-ring (bicyclic) bond motifs is 7.